The van der Waals surface area contributed by atoms with Crippen LogP contribution in [0.2, 0.25) is 0 Å². The Labute approximate surface area is 97.7 Å². The van der Waals surface area contributed by atoms with Crippen molar-refractivity contribution >= 4 is 5.82 Å². The molecule has 1 aromatic heterocycles. The zero-order valence-corrected chi connectivity index (χ0v) is 10.0. The van der Waals surface area contributed by atoms with E-state index in [1.807, 2.05) is 6.07 Å². The summed E-state index contributed by atoms with van der Waals surface area (Å²) in [5, 5.41) is 0. The van der Waals surface area contributed by atoms with Gasteiger partial charge in [0, 0.05) is 19.6 Å². The Balaban J connectivity index is 2.02. The zero-order chi connectivity index (χ0) is 11.4. The molecule has 16 heavy (non-hydrogen) atoms. The van der Waals surface area contributed by atoms with Crippen molar-refractivity contribution < 1.29 is 0 Å². The van der Waals surface area contributed by atoms with E-state index in [0.29, 0.717) is 6.54 Å². The third kappa shape index (κ3) is 2.53. The van der Waals surface area contributed by atoms with Crippen LogP contribution in [0.4, 0.5) is 5.82 Å². The highest BCUT2D eigenvalue weighted by Gasteiger charge is 2.22. The highest BCUT2D eigenvalue weighted by atomic mass is 15.2. The molecule has 3 heteroatoms. The maximum Gasteiger partial charge on any atom is 0.128 e. The van der Waals surface area contributed by atoms with Crippen LogP contribution in [-0.4, -0.2) is 18.1 Å². The summed E-state index contributed by atoms with van der Waals surface area (Å²) in [4.78, 5) is 6.96. The average molecular weight is 219 g/mol. The van der Waals surface area contributed by atoms with E-state index < -0.39 is 0 Å². The topological polar surface area (TPSA) is 42.1 Å². The molecule has 1 aliphatic heterocycles. The first-order valence-electron chi connectivity index (χ1n) is 6.24. The predicted molar refractivity (Wildman–Crippen MR) is 67.4 cm³/mol. The van der Waals surface area contributed by atoms with Crippen LogP contribution in [0.25, 0.3) is 0 Å². The molecule has 88 valence electrons. The van der Waals surface area contributed by atoms with Crippen LogP contribution in [0, 0.1) is 5.92 Å². The summed E-state index contributed by atoms with van der Waals surface area (Å²) in [5.41, 5.74) is 6.59. The van der Waals surface area contributed by atoms with Crippen LogP contribution in [0.1, 0.15) is 31.9 Å². The van der Waals surface area contributed by atoms with E-state index in [4.69, 9.17) is 5.73 Å². The summed E-state index contributed by atoms with van der Waals surface area (Å²) in [5.74, 6) is 1.95. The van der Waals surface area contributed by atoms with Gasteiger partial charge in [-0.05, 0) is 30.9 Å². The zero-order valence-electron chi connectivity index (χ0n) is 10.0. The van der Waals surface area contributed by atoms with Crippen molar-refractivity contribution in [2.75, 3.05) is 18.0 Å². The van der Waals surface area contributed by atoms with E-state index in [0.717, 1.165) is 30.5 Å². The van der Waals surface area contributed by atoms with E-state index >= 15 is 0 Å². The molecule has 0 aromatic carbocycles. The Morgan fingerprint density at radius 2 is 2.38 bits per heavy atom. The summed E-state index contributed by atoms with van der Waals surface area (Å²) in [6, 6.07) is 6.13. The average Bonchev–Trinajstić information content (AvgIpc) is 2.78. The third-order valence-corrected chi connectivity index (χ3v) is 3.31. The molecule has 0 aliphatic carbocycles. The Kier molecular flexibility index (Phi) is 3.78. The van der Waals surface area contributed by atoms with Crippen LogP contribution in [0.15, 0.2) is 18.2 Å². The van der Waals surface area contributed by atoms with Crippen molar-refractivity contribution in [3.05, 3.63) is 23.9 Å². The van der Waals surface area contributed by atoms with Gasteiger partial charge in [0.2, 0.25) is 0 Å². The largest absolute Gasteiger partial charge is 0.356 e. The van der Waals surface area contributed by atoms with Gasteiger partial charge >= 0.3 is 0 Å². The number of hydrogen-bond acceptors (Lipinski definition) is 3. The van der Waals surface area contributed by atoms with Crippen LogP contribution < -0.4 is 10.6 Å². The van der Waals surface area contributed by atoms with Gasteiger partial charge in [-0.25, -0.2) is 4.98 Å². The second kappa shape index (κ2) is 5.30. The molecule has 2 N–H and O–H groups in total. The van der Waals surface area contributed by atoms with Gasteiger partial charge < -0.3 is 10.6 Å². The molecule has 1 unspecified atom stereocenters. The summed E-state index contributed by atoms with van der Waals surface area (Å²) >= 11 is 0. The SMILES string of the molecule is CCCC1CCN(c2cccc(CN)n2)C1. The van der Waals surface area contributed by atoms with Crippen LogP contribution in [0.3, 0.4) is 0 Å². The van der Waals surface area contributed by atoms with E-state index in [9.17, 15) is 0 Å². The first-order valence-corrected chi connectivity index (χ1v) is 6.24. The quantitative estimate of drug-likeness (QED) is 0.844. The first-order chi connectivity index (χ1) is 7.83. The molecule has 1 saturated heterocycles. The van der Waals surface area contributed by atoms with Gasteiger partial charge in [-0.3, -0.25) is 0 Å². The van der Waals surface area contributed by atoms with Crippen molar-refractivity contribution in [2.24, 2.45) is 11.7 Å². The summed E-state index contributed by atoms with van der Waals surface area (Å²) < 4.78 is 0. The smallest absolute Gasteiger partial charge is 0.128 e. The number of nitrogens with two attached hydrogens (primary N) is 1. The predicted octanol–water partition coefficient (Wildman–Crippen LogP) is 2.17. The fourth-order valence-electron chi connectivity index (χ4n) is 2.44. The molecule has 3 nitrogen and oxygen atoms in total. The minimum atomic E-state index is 0.528. The molecular weight excluding hydrogens is 198 g/mol. The second-order valence-electron chi connectivity index (χ2n) is 4.58. The molecular formula is C13H21N3. The monoisotopic (exact) mass is 219 g/mol. The number of hydrogen-bond donors (Lipinski definition) is 1. The molecule has 2 heterocycles. The highest BCUT2D eigenvalue weighted by molar-refractivity contribution is 5.40. The Morgan fingerprint density at radius 1 is 1.50 bits per heavy atom. The standard InChI is InChI=1S/C13H21N3/c1-2-4-11-7-8-16(10-11)13-6-3-5-12(9-14)15-13/h3,5-6,11H,2,4,7-10,14H2,1H3. The molecule has 0 spiro atoms. The van der Waals surface area contributed by atoms with Crippen molar-refractivity contribution in [3.8, 4) is 0 Å². The molecule has 1 aliphatic rings. The Hall–Kier alpha value is -1.09. The molecule has 0 bridgehead atoms. The van der Waals surface area contributed by atoms with Gasteiger partial charge in [-0.15, -0.1) is 0 Å². The lowest BCUT2D eigenvalue weighted by Crippen LogP contribution is -2.21. The normalized spacial score (nSPS) is 20.4. The van der Waals surface area contributed by atoms with Crippen molar-refractivity contribution in [1.82, 2.24) is 4.98 Å². The van der Waals surface area contributed by atoms with Crippen molar-refractivity contribution in [2.45, 2.75) is 32.7 Å². The van der Waals surface area contributed by atoms with Gasteiger partial charge in [-0.1, -0.05) is 19.4 Å². The Morgan fingerprint density at radius 3 is 3.12 bits per heavy atom. The third-order valence-electron chi connectivity index (χ3n) is 3.31. The van der Waals surface area contributed by atoms with Gasteiger partial charge in [0.25, 0.3) is 0 Å². The lowest BCUT2D eigenvalue weighted by atomic mass is 10.0. The maximum absolute atomic E-state index is 5.61. The van der Waals surface area contributed by atoms with Gasteiger partial charge in [0.1, 0.15) is 5.82 Å². The van der Waals surface area contributed by atoms with Crippen LogP contribution in [0.5, 0.6) is 0 Å². The lowest BCUT2D eigenvalue weighted by molar-refractivity contribution is 0.529. The van der Waals surface area contributed by atoms with Crippen molar-refractivity contribution in [3.63, 3.8) is 0 Å². The summed E-state index contributed by atoms with van der Waals surface area (Å²) in [6.07, 6.45) is 3.93. The van der Waals surface area contributed by atoms with E-state index in [1.165, 1.54) is 19.3 Å². The Bertz CT molecular complexity index is 338. The molecule has 1 aromatic rings. The first kappa shape index (κ1) is 11.4. The van der Waals surface area contributed by atoms with Crippen molar-refractivity contribution in [1.29, 1.82) is 0 Å². The number of aromatic nitrogens is 1. The summed E-state index contributed by atoms with van der Waals surface area (Å²) in [7, 11) is 0. The number of nitrogens with zero attached hydrogens (tertiary/aromatic N) is 2. The number of pyridine rings is 1. The van der Waals surface area contributed by atoms with E-state index in [1.54, 1.807) is 0 Å². The molecule has 2 rings (SSSR count). The summed E-state index contributed by atoms with van der Waals surface area (Å²) in [6.45, 7) is 5.09. The van der Waals surface area contributed by atoms with Crippen LogP contribution >= 0.6 is 0 Å². The van der Waals surface area contributed by atoms with Gasteiger partial charge in [0.15, 0.2) is 0 Å². The fourth-order valence-corrected chi connectivity index (χ4v) is 2.44. The van der Waals surface area contributed by atoms with E-state index in [2.05, 4.69) is 28.9 Å². The fraction of sp³-hybridized carbons (Fsp3) is 0.615. The number of rotatable bonds is 4. The minimum Gasteiger partial charge on any atom is -0.356 e. The highest BCUT2D eigenvalue weighted by Crippen LogP contribution is 2.25. The second-order valence-corrected chi connectivity index (χ2v) is 4.58. The molecule has 0 amide bonds. The van der Waals surface area contributed by atoms with Gasteiger partial charge in [-0.2, -0.15) is 0 Å². The number of anilines is 1. The minimum absolute atomic E-state index is 0.528. The van der Waals surface area contributed by atoms with Gasteiger partial charge in [0.05, 0.1) is 5.69 Å². The molecule has 0 radical (unpaired) electrons. The maximum atomic E-state index is 5.61. The van der Waals surface area contributed by atoms with Crippen LogP contribution in [-0.2, 0) is 6.54 Å². The van der Waals surface area contributed by atoms with E-state index in [-0.39, 0.29) is 0 Å². The molecule has 1 fully saturated rings. The lowest BCUT2D eigenvalue weighted by Gasteiger charge is -2.18. The molecule has 0 saturated carbocycles. The molecule has 1 atom stereocenters.